The van der Waals surface area contributed by atoms with Crippen LogP contribution in [0, 0.1) is 0 Å². The molecule has 0 spiro atoms. The molecule has 0 aliphatic rings. The van der Waals surface area contributed by atoms with Crippen LogP contribution in [0.3, 0.4) is 0 Å². The van der Waals surface area contributed by atoms with Crippen molar-refractivity contribution >= 4 is 17.3 Å². The third-order valence-electron chi connectivity index (χ3n) is 2.07. The highest BCUT2D eigenvalue weighted by Crippen LogP contribution is 2.16. The first-order chi connectivity index (χ1) is 7.68. The number of hydrogen-bond acceptors (Lipinski definition) is 4. The normalized spacial score (nSPS) is 10.1. The number of rotatable bonds is 2. The lowest BCUT2D eigenvalue weighted by molar-refractivity contribution is -0.117. The van der Waals surface area contributed by atoms with Gasteiger partial charge in [-0.3, -0.25) is 4.79 Å². The lowest BCUT2D eigenvalue weighted by Gasteiger charge is -2.20. The molecule has 16 heavy (non-hydrogen) atoms. The number of carbonyl (C=O) groups excluding carboxylic acids is 1. The number of carbonyl (C=O) groups is 1. The van der Waals surface area contributed by atoms with E-state index in [2.05, 4.69) is 10.2 Å². The number of nitrogen functional groups attached to an aromatic ring is 1. The minimum absolute atomic E-state index is 0.135. The molecule has 2 rings (SSSR count). The van der Waals surface area contributed by atoms with Crippen LogP contribution >= 0.6 is 0 Å². The zero-order valence-corrected chi connectivity index (χ0v) is 8.74. The smallest absolute Gasteiger partial charge is 0.243 e. The van der Waals surface area contributed by atoms with E-state index < -0.39 is 0 Å². The Kier molecular flexibility index (Phi) is 2.55. The van der Waals surface area contributed by atoms with Gasteiger partial charge in [0.1, 0.15) is 12.7 Å². The summed E-state index contributed by atoms with van der Waals surface area (Å²) in [6.07, 6.45) is 2.91. The molecule has 0 aliphatic heterocycles. The minimum atomic E-state index is -0.135. The zero-order valence-electron chi connectivity index (χ0n) is 8.74. The summed E-state index contributed by atoms with van der Waals surface area (Å²) in [4.78, 5) is 11.5. The summed E-state index contributed by atoms with van der Waals surface area (Å²) < 4.78 is 1.51. The average Bonchev–Trinajstić information content (AvgIpc) is 2.74. The van der Waals surface area contributed by atoms with Gasteiger partial charge in [-0.15, -0.1) is 10.2 Å². The maximum absolute atomic E-state index is 11.5. The summed E-state index contributed by atoms with van der Waals surface area (Å²) in [5.74, 6) is -0.135. The number of amides is 1. The molecule has 1 aromatic heterocycles. The van der Waals surface area contributed by atoms with Crippen molar-refractivity contribution < 1.29 is 4.79 Å². The van der Waals surface area contributed by atoms with Gasteiger partial charge in [-0.1, -0.05) is 0 Å². The van der Waals surface area contributed by atoms with Crippen molar-refractivity contribution in [2.45, 2.75) is 6.92 Å². The van der Waals surface area contributed by atoms with Crippen molar-refractivity contribution in [1.29, 1.82) is 0 Å². The van der Waals surface area contributed by atoms with Crippen molar-refractivity contribution in [3.05, 3.63) is 36.9 Å². The summed E-state index contributed by atoms with van der Waals surface area (Å²) in [5.41, 5.74) is 6.95. The molecule has 1 aromatic carbocycles. The van der Waals surface area contributed by atoms with Gasteiger partial charge < -0.3 is 5.73 Å². The molecule has 1 heterocycles. The van der Waals surface area contributed by atoms with E-state index in [0.29, 0.717) is 11.4 Å². The Labute approximate surface area is 92.3 Å². The van der Waals surface area contributed by atoms with Crippen LogP contribution in [0.25, 0.3) is 0 Å². The van der Waals surface area contributed by atoms with Crippen LogP contribution in [-0.4, -0.2) is 20.8 Å². The lowest BCUT2D eigenvalue weighted by atomic mass is 10.3. The van der Waals surface area contributed by atoms with Gasteiger partial charge in [-0.2, -0.15) is 0 Å². The molecular formula is C10H11N5O. The molecule has 0 saturated carbocycles. The minimum Gasteiger partial charge on any atom is -0.399 e. The highest BCUT2D eigenvalue weighted by atomic mass is 16.2. The van der Waals surface area contributed by atoms with Gasteiger partial charge in [-0.25, -0.2) is 9.69 Å². The molecule has 0 bridgehead atoms. The second-order valence-corrected chi connectivity index (χ2v) is 3.26. The topological polar surface area (TPSA) is 77.0 Å². The van der Waals surface area contributed by atoms with Crippen LogP contribution in [-0.2, 0) is 4.79 Å². The fraction of sp³-hybridized carbons (Fsp3) is 0.100. The van der Waals surface area contributed by atoms with E-state index in [4.69, 9.17) is 5.73 Å². The van der Waals surface area contributed by atoms with Crippen LogP contribution in [0.4, 0.5) is 11.4 Å². The molecule has 1 amide bonds. The van der Waals surface area contributed by atoms with Crippen molar-refractivity contribution in [3.8, 4) is 0 Å². The largest absolute Gasteiger partial charge is 0.399 e. The molecule has 0 radical (unpaired) electrons. The molecular weight excluding hydrogens is 206 g/mol. The maximum Gasteiger partial charge on any atom is 0.243 e. The number of nitrogens with two attached hydrogens (primary N) is 1. The van der Waals surface area contributed by atoms with E-state index in [9.17, 15) is 4.79 Å². The number of nitrogens with zero attached hydrogens (tertiary/aromatic N) is 4. The van der Waals surface area contributed by atoms with Crippen molar-refractivity contribution in [2.75, 3.05) is 10.7 Å². The van der Waals surface area contributed by atoms with Gasteiger partial charge in [-0.05, 0) is 24.3 Å². The van der Waals surface area contributed by atoms with Crippen LogP contribution in [0.1, 0.15) is 6.92 Å². The van der Waals surface area contributed by atoms with Gasteiger partial charge in [0.2, 0.25) is 5.91 Å². The van der Waals surface area contributed by atoms with E-state index in [1.54, 1.807) is 24.3 Å². The Morgan fingerprint density at radius 2 is 1.81 bits per heavy atom. The predicted molar refractivity (Wildman–Crippen MR) is 59.4 cm³/mol. The highest BCUT2D eigenvalue weighted by Gasteiger charge is 2.12. The van der Waals surface area contributed by atoms with Gasteiger partial charge in [0.15, 0.2) is 0 Å². The monoisotopic (exact) mass is 217 g/mol. The number of benzene rings is 1. The zero-order chi connectivity index (χ0) is 11.5. The molecule has 2 N–H and O–H groups in total. The van der Waals surface area contributed by atoms with Crippen molar-refractivity contribution in [2.24, 2.45) is 0 Å². The SMILES string of the molecule is CC(=O)N(c1ccc(N)cc1)n1cnnc1. The highest BCUT2D eigenvalue weighted by molar-refractivity contribution is 5.91. The summed E-state index contributed by atoms with van der Waals surface area (Å²) in [5, 5.41) is 8.77. The average molecular weight is 217 g/mol. The van der Waals surface area contributed by atoms with Gasteiger partial charge in [0, 0.05) is 12.6 Å². The quantitative estimate of drug-likeness (QED) is 0.750. The first-order valence-electron chi connectivity index (χ1n) is 4.69. The van der Waals surface area contributed by atoms with Crippen LogP contribution in [0.5, 0.6) is 0 Å². The lowest BCUT2D eigenvalue weighted by Crippen LogP contribution is -2.33. The van der Waals surface area contributed by atoms with E-state index in [1.807, 2.05) is 0 Å². The van der Waals surface area contributed by atoms with Crippen LogP contribution in [0.2, 0.25) is 0 Å². The molecule has 6 nitrogen and oxygen atoms in total. The summed E-state index contributed by atoms with van der Waals surface area (Å²) in [7, 11) is 0. The number of anilines is 2. The second kappa shape index (κ2) is 4.01. The molecule has 0 atom stereocenters. The standard InChI is InChI=1S/C10H11N5O/c1-8(16)15(14-6-12-13-7-14)10-4-2-9(11)3-5-10/h2-7H,11H2,1H3. The third-order valence-corrected chi connectivity index (χ3v) is 2.07. The van der Waals surface area contributed by atoms with Crippen molar-refractivity contribution in [1.82, 2.24) is 14.9 Å². The molecule has 0 saturated heterocycles. The first-order valence-corrected chi connectivity index (χ1v) is 4.69. The first kappa shape index (κ1) is 10.2. The van der Waals surface area contributed by atoms with Gasteiger partial charge in [0.05, 0.1) is 5.69 Å². The fourth-order valence-electron chi connectivity index (χ4n) is 1.39. The summed E-state index contributed by atoms with van der Waals surface area (Å²) in [6.45, 7) is 1.47. The Morgan fingerprint density at radius 3 is 2.31 bits per heavy atom. The molecule has 6 heteroatoms. The number of aromatic nitrogens is 3. The predicted octanol–water partition coefficient (Wildman–Crippen LogP) is 0.677. The number of hydrogen-bond donors (Lipinski definition) is 1. The van der Waals surface area contributed by atoms with E-state index in [-0.39, 0.29) is 5.91 Å². The van der Waals surface area contributed by atoms with Crippen LogP contribution in [0.15, 0.2) is 36.9 Å². The molecule has 82 valence electrons. The molecule has 0 aliphatic carbocycles. The Balaban J connectivity index is 2.41. The molecule has 0 unspecified atom stereocenters. The van der Waals surface area contributed by atoms with E-state index in [0.717, 1.165) is 0 Å². The Hall–Kier alpha value is -2.37. The molecule has 2 aromatic rings. The van der Waals surface area contributed by atoms with Gasteiger partial charge in [0.25, 0.3) is 0 Å². The summed E-state index contributed by atoms with van der Waals surface area (Å²) >= 11 is 0. The Morgan fingerprint density at radius 1 is 1.25 bits per heavy atom. The van der Waals surface area contributed by atoms with E-state index >= 15 is 0 Å². The van der Waals surface area contributed by atoms with Crippen LogP contribution < -0.4 is 10.7 Å². The maximum atomic E-state index is 11.5. The molecule has 0 fully saturated rings. The Bertz CT molecular complexity index is 476. The summed E-state index contributed by atoms with van der Waals surface area (Å²) in [6, 6.07) is 6.98. The third kappa shape index (κ3) is 1.85. The van der Waals surface area contributed by atoms with Gasteiger partial charge >= 0.3 is 0 Å². The fourth-order valence-corrected chi connectivity index (χ4v) is 1.39. The van der Waals surface area contributed by atoms with E-state index in [1.165, 1.54) is 29.3 Å². The van der Waals surface area contributed by atoms with Crippen molar-refractivity contribution in [3.63, 3.8) is 0 Å². The second-order valence-electron chi connectivity index (χ2n) is 3.26.